The molecule has 0 bridgehead atoms. The maximum absolute atomic E-state index is 9.26. The van der Waals surface area contributed by atoms with Crippen molar-refractivity contribution in [3.63, 3.8) is 0 Å². The summed E-state index contributed by atoms with van der Waals surface area (Å²) in [6, 6.07) is 8.07. The van der Waals surface area contributed by atoms with Crippen LogP contribution < -0.4 is 5.32 Å². The van der Waals surface area contributed by atoms with E-state index in [0.717, 1.165) is 19.6 Å². The van der Waals surface area contributed by atoms with Crippen LogP contribution in [-0.2, 0) is 11.2 Å². The molecule has 3 rings (SSSR count). The number of phenols is 1. The van der Waals surface area contributed by atoms with Gasteiger partial charge < -0.3 is 15.2 Å². The number of aromatic hydroxyl groups is 1. The minimum Gasteiger partial charge on any atom is -0.508 e. The van der Waals surface area contributed by atoms with Crippen molar-refractivity contribution < 1.29 is 9.84 Å². The van der Waals surface area contributed by atoms with Gasteiger partial charge in [-0.05, 0) is 37.1 Å². The Morgan fingerprint density at radius 3 is 2.79 bits per heavy atom. The molecule has 3 nitrogen and oxygen atoms in total. The maximum Gasteiger partial charge on any atom is 0.115 e. The Morgan fingerprint density at radius 1 is 1.32 bits per heavy atom. The molecule has 1 aliphatic heterocycles. The van der Waals surface area contributed by atoms with E-state index in [-0.39, 0.29) is 5.41 Å². The van der Waals surface area contributed by atoms with Crippen molar-refractivity contribution in [2.24, 2.45) is 11.3 Å². The average molecular weight is 261 g/mol. The highest BCUT2D eigenvalue weighted by Gasteiger charge is 2.58. The van der Waals surface area contributed by atoms with Crippen LogP contribution in [0.1, 0.15) is 25.8 Å². The van der Waals surface area contributed by atoms with Crippen LogP contribution in [0.4, 0.5) is 0 Å². The Morgan fingerprint density at radius 2 is 2.05 bits per heavy atom. The van der Waals surface area contributed by atoms with Gasteiger partial charge in [0.05, 0.1) is 6.10 Å². The summed E-state index contributed by atoms with van der Waals surface area (Å²) in [5.74, 6) is 1.04. The third kappa shape index (κ3) is 2.26. The fraction of sp³-hybridized carbons (Fsp3) is 0.625. The number of hydrogen-bond donors (Lipinski definition) is 2. The number of benzene rings is 1. The summed E-state index contributed by atoms with van der Waals surface area (Å²) in [6.07, 6.45) is 2.66. The van der Waals surface area contributed by atoms with E-state index in [1.54, 1.807) is 12.1 Å². The smallest absolute Gasteiger partial charge is 0.115 e. The molecule has 0 amide bonds. The van der Waals surface area contributed by atoms with E-state index in [4.69, 9.17) is 4.74 Å². The Bertz CT molecular complexity index is 441. The van der Waals surface area contributed by atoms with Gasteiger partial charge >= 0.3 is 0 Å². The summed E-state index contributed by atoms with van der Waals surface area (Å²) in [5, 5.41) is 13.0. The van der Waals surface area contributed by atoms with Gasteiger partial charge in [0.25, 0.3) is 0 Å². The summed E-state index contributed by atoms with van der Waals surface area (Å²) < 4.78 is 5.81. The van der Waals surface area contributed by atoms with E-state index in [2.05, 4.69) is 19.2 Å². The molecule has 1 aromatic rings. The monoisotopic (exact) mass is 261 g/mol. The average Bonchev–Trinajstić information content (AvgIpc) is 2.83. The zero-order valence-corrected chi connectivity index (χ0v) is 11.7. The van der Waals surface area contributed by atoms with Crippen LogP contribution in [0.25, 0.3) is 0 Å². The van der Waals surface area contributed by atoms with Crippen molar-refractivity contribution in [3.8, 4) is 5.75 Å². The Labute approximate surface area is 115 Å². The number of phenolic OH excluding ortho intramolecular Hbond substituents is 1. The van der Waals surface area contributed by atoms with Gasteiger partial charge in [-0.2, -0.15) is 0 Å². The molecule has 0 spiro atoms. The zero-order valence-electron chi connectivity index (χ0n) is 11.7. The van der Waals surface area contributed by atoms with E-state index < -0.39 is 0 Å². The number of ether oxygens (including phenoxy) is 1. The van der Waals surface area contributed by atoms with Gasteiger partial charge in [-0.1, -0.05) is 26.0 Å². The standard InChI is InChI=1S/C16H23NO2/c1-16(2)14(13-8-10-19-15(13)16)17-9-7-11-3-5-12(18)6-4-11/h3-6,13-15,17-18H,7-10H2,1-2H3. The van der Waals surface area contributed by atoms with Crippen LogP contribution in [0, 0.1) is 11.3 Å². The second kappa shape index (κ2) is 4.80. The first-order valence-corrected chi connectivity index (χ1v) is 7.22. The highest BCUT2D eigenvalue weighted by Crippen LogP contribution is 2.51. The SMILES string of the molecule is CC1(C)C(NCCc2ccc(O)cc2)C2CCOC21. The molecule has 0 radical (unpaired) electrons. The lowest BCUT2D eigenvalue weighted by molar-refractivity contribution is -0.112. The third-order valence-corrected chi connectivity index (χ3v) is 4.81. The molecule has 2 fully saturated rings. The lowest BCUT2D eigenvalue weighted by Crippen LogP contribution is -2.66. The Balaban J connectivity index is 1.51. The summed E-state index contributed by atoms with van der Waals surface area (Å²) >= 11 is 0. The Kier molecular flexibility index (Phi) is 3.27. The molecule has 1 aliphatic carbocycles. The van der Waals surface area contributed by atoms with Crippen molar-refractivity contribution in [2.45, 2.75) is 38.8 Å². The number of hydrogen-bond acceptors (Lipinski definition) is 3. The second-order valence-corrected chi connectivity index (χ2v) is 6.41. The molecule has 1 saturated heterocycles. The van der Waals surface area contributed by atoms with Gasteiger partial charge in [0.1, 0.15) is 5.75 Å². The number of nitrogens with one attached hydrogen (secondary N) is 1. The van der Waals surface area contributed by atoms with Crippen molar-refractivity contribution >= 4 is 0 Å². The fourth-order valence-electron chi connectivity index (χ4n) is 3.77. The van der Waals surface area contributed by atoms with Gasteiger partial charge in [-0.15, -0.1) is 0 Å². The molecule has 1 aromatic carbocycles. The normalized spacial score (nSPS) is 31.8. The van der Waals surface area contributed by atoms with Crippen LogP contribution >= 0.6 is 0 Å². The van der Waals surface area contributed by atoms with Crippen molar-refractivity contribution in [2.75, 3.05) is 13.2 Å². The topological polar surface area (TPSA) is 41.5 Å². The molecule has 2 aliphatic rings. The lowest BCUT2D eigenvalue weighted by atomic mass is 9.57. The molecule has 3 atom stereocenters. The Hall–Kier alpha value is -1.06. The summed E-state index contributed by atoms with van der Waals surface area (Å²) in [5.41, 5.74) is 1.53. The molecule has 0 aromatic heterocycles. The molecule has 104 valence electrons. The molecular weight excluding hydrogens is 238 g/mol. The van der Waals surface area contributed by atoms with E-state index in [1.807, 2.05) is 12.1 Å². The number of rotatable bonds is 4. The maximum atomic E-state index is 9.26. The zero-order chi connectivity index (χ0) is 13.5. The van der Waals surface area contributed by atoms with Crippen LogP contribution in [-0.4, -0.2) is 30.4 Å². The minimum absolute atomic E-state index is 0.260. The van der Waals surface area contributed by atoms with E-state index >= 15 is 0 Å². The lowest BCUT2D eigenvalue weighted by Gasteiger charge is -2.55. The largest absolute Gasteiger partial charge is 0.508 e. The molecule has 1 saturated carbocycles. The van der Waals surface area contributed by atoms with Crippen LogP contribution in [0.5, 0.6) is 5.75 Å². The summed E-state index contributed by atoms with van der Waals surface area (Å²) in [6.45, 7) is 6.52. The molecular formula is C16H23NO2. The molecule has 19 heavy (non-hydrogen) atoms. The summed E-state index contributed by atoms with van der Waals surface area (Å²) in [7, 11) is 0. The van der Waals surface area contributed by atoms with Crippen molar-refractivity contribution in [1.82, 2.24) is 5.32 Å². The van der Waals surface area contributed by atoms with E-state index in [0.29, 0.717) is 23.8 Å². The van der Waals surface area contributed by atoms with Crippen LogP contribution in [0.3, 0.4) is 0 Å². The first kappa shape index (κ1) is 12.9. The molecule has 1 heterocycles. The number of fused-ring (bicyclic) bond motifs is 1. The van der Waals surface area contributed by atoms with Crippen molar-refractivity contribution in [3.05, 3.63) is 29.8 Å². The van der Waals surface area contributed by atoms with E-state index in [1.165, 1.54) is 12.0 Å². The highest BCUT2D eigenvalue weighted by molar-refractivity contribution is 5.26. The van der Waals surface area contributed by atoms with E-state index in [9.17, 15) is 5.11 Å². The quantitative estimate of drug-likeness (QED) is 0.874. The first-order chi connectivity index (χ1) is 9.09. The minimum atomic E-state index is 0.260. The summed E-state index contributed by atoms with van der Waals surface area (Å²) in [4.78, 5) is 0. The first-order valence-electron chi connectivity index (χ1n) is 7.22. The van der Waals surface area contributed by atoms with Gasteiger partial charge in [-0.25, -0.2) is 0 Å². The molecule has 3 heteroatoms. The van der Waals surface area contributed by atoms with Gasteiger partial charge in [-0.3, -0.25) is 0 Å². The predicted octanol–water partition coefficient (Wildman–Crippen LogP) is 2.34. The molecule has 2 N–H and O–H groups in total. The second-order valence-electron chi connectivity index (χ2n) is 6.41. The molecule has 3 unspecified atom stereocenters. The van der Waals surface area contributed by atoms with Crippen LogP contribution in [0.15, 0.2) is 24.3 Å². The van der Waals surface area contributed by atoms with Crippen LogP contribution in [0.2, 0.25) is 0 Å². The van der Waals surface area contributed by atoms with Gasteiger partial charge in [0, 0.05) is 24.0 Å². The van der Waals surface area contributed by atoms with Crippen molar-refractivity contribution in [1.29, 1.82) is 0 Å². The van der Waals surface area contributed by atoms with Gasteiger partial charge in [0.15, 0.2) is 0 Å². The third-order valence-electron chi connectivity index (χ3n) is 4.81. The predicted molar refractivity (Wildman–Crippen MR) is 75.2 cm³/mol. The fourth-order valence-corrected chi connectivity index (χ4v) is 3.77. The van der Waals surface area contributed by atoms with Gasteiger partial charge in [0.2, 0.25) is 0 Å². The highest BCUT2D eigenvalue weighted by atomic mass is 16.5.